The summed E-state index contributed by atoms with van der Waals surface area (Å²) in [5, 5.41) is 12.2. The van der Waals surface area contributed by atoms with E-state index < -0.39 is 5.60 Å². The number of aromatic nitrogens is 1. The summed E-state index contributed by atoms with van der Waals surface area (Å²) < 4.78 is 0. The molecule has 2 heterocycles. The molecule has 1 atom stereocenters. The van der Waals surface area contributed by atoms with Gasteiger partial charge in [-0.1, -0.05) is 12.1 Å². The summed E-state index contributed by atoms with van der Waals surface area (Å²) in [6.07, 6.45) is 4.49. The fourth-order valence-electron chi connectivity index (χ4n) is 3.31. The normalized spacial score (nSPS) is 24.4. The Labute approximate surface area is 126 Å². The Bertz CT molecular complexity index is 625. The van der Waals surface area contributed by atoms with Crippen molar-refractivity contribution in [3.63, 3.8) is 0 Å². The molecule has 2 aromatic rings. The summed E-state index contributed by atoms with van der Waals surface area (Å²) in [6.45, 7) is 6.49. The molecule has 1 aliphatic rings. The van der Waals surface area contributed by atoms with E-state index in [1.807, 2.05) is 24.4 Å². The van der Waals surface area contributed by atoms with Gasteiger partial charge >= 0.3 is 0 Å². The van der Waals surface area contributed by atoms with Crippen molar-refractivity contribution in [1.82, 2.24) is 9.88 Å². The maximum absolute atomic E-state index is 11.1. The van der Waals surface area contributed by atoms with Gasteiger partial charge in [-0.2, -0.15) is 0 Å². The number of fused-ring (bicyclic) bond motifs is 1. The quantitative estimate of drug-likeness (QED) is 0.919. The van der Waals surface area contributed by atoms with Crippen LogP contribution in [0.25, 0.3) is 10.9 Å². The minimum absolute atomic E-state index is 0.549. The molecule has 1 aliphatic heterocycles. The average molecular weight is 284 g/mol. The summed E-state index contributed by atoms with van der Waals surface area (Å²) in [5.74, 6) is 0. The van der Waals surface area contributed by atoms with Gasteiger partial charge in [0, 0.05) is 24.2 Å². The number of benzene rings is 1. The van der Waals surface area contributed by atoms with Crippen LogP contribution in [0.5, 0.6) is 0 Å². The lowest BCUT2D eigenvalue weighted by molar-refractivity contribution is 0.0205. The molecule has 3 heteroatoms. The molecular formula is C18H24N2O. The second kappa shape index (κ2) is 5.74. The highest BCUT2D eigenvalue weighted by Gasteiger charge is 2.32. The number of hydrogen-bond acceptors (Lipinski definition) is 3. The van der Waals surface area contributed by atoms with Crippen LogP contribution in [0.4, 0.5) is 0 Å². The summed E-state index contributed by atoms with van der Waals surface area (Å²) in [6, 6.07) is 10.7. The number of pyridine rings is 1. The SMILES string of the molecule is CC(C)N1CCCC(O)(c2ccc3ncccc3c2)CC1. The molecule has 1 aromatic heterocycles. The Morgan fingerprint density at radius 1 is 1.19 bits per heavy atom. The molecule has 3 nitrogen and oxygen atoms in total. The minimum Gasteiger partial charge on any atom is -0.385 e. The molecule has 0 bridgehead atoms. The molecule has 0 amide bonds. The van der Waals surface area contributed by atoms with Gasteiger partial charge in [-0.25, -0.2) is 0 Å². The molecule has 1 saturated heterocycles. The zero-order valence-electron chi connectivity index (χ0n) is 12.9. The fourth-order valence-corrected chi connectivity index (χ4v) is 3.31. The van der Waals surface area contributed by atoms with E-state index in [0.717, 1.165) is 48.8 Å². The van der Waals surface area contributed by atoms with Crippen LogP contribution in [0.2, 0.25) is 0 Å². The molecule has 0 radical (unpaired) electrons. The van der Waals surface area contributed by atoms with E-state index in [1.54, 1.807) is 0 Å². The molecule has 1 N–H and O–H groups in total. The molecule has 1 unspecified atom stereocenters. The van der Waals surface area contributed by atoms with Crippen molar-refractivity contribution in [2.45, 2.75) is 44.8 Å². The first-order valence-corrected chi connectivity index (χ1v) is 7.90. The third-order valence-corrected chi connectivity index (χ3v) is 4.72. The molecule has 0 spiro atoms. The van der Waals surface area contributed by atoms with Gasteiger partial charge in [0.1, 0.15) is 0 Å². The Morgan fingerprint density at radius 3 is 2.86 bits per heavy atom. The Kier molecular flexibility index (Phi) is 3.96. The van der Waals surface area contributed by atoms with Crippen molar-refractivity contribution in [3.8, 4) is 0 Å². The van der Waals surface area contributed by atoms with Gasteiger partial charge in [0.2, 0.25) is 0 Å². The van der Waals surface area contributed by atoms with E-state index in [0.29, 0.717) is 6.04 Å². The highest BCUT2D eigenvalue weighted by molar-refractivity contribution is 5.79. The number of rotatable bonds is 2. The largest absolute Gasteiger partial charge is 0.385 e. The van der Waals surface area contributed by atoms with Gasteiger partial charge < -0.3 is 10.0 Å². The van der Waals surface area contributed by atoms with Gasteiger partial charge in [0.05, 0.1) is 11.1 Å². The first kappa shape index (κ1) is 14.5. The van der Waals surface area contributed by atoms with E-state index in [1.165, 1.54) is 0 Å². The predicted octanol–water partition coefficient (Wildman–Crippen LogP) is 3.32. The predicted molar refractivity (Wildman–Crippen MR) is 86.2 cm³/mol. The van der Waals surface area contributed by atoms with Gasteiger partial charge in [-0.15, -0.1) is 0 Å². The van der Waals surface area contributed by atoms with E-state index >= 15 is 0 Å². The van der Waals surface area contributed by atoms with Crippen LogP contribution in [0.15, 0.2) is 36.5 Å². The van der Waals surface area contributed by atoms with Crippen molar-refractivity contribution < 1.29 is 5.11 Å². The van der Waals surface area contributed by atoms with Crippen LogP contribution in [-0.4, -0.2) is 34.1 Å². The molecule has 0 aliphatic carbocycles. The van der Waals surface area contributed by atoms with Gasteiger partial charge in [0.25, 0.3) is 0 Å². The summed E-state index contributed by atoms with van der Waals surface area (Å²) in [4.78, 5) is 6.81. The standard InChI is InChI=1S/C18H24N2O/c1-14(2)20-11-4-8-18(21,9-12-20)16-6-7-17-15(13-16)5-3-10-19-17/h3,5-7,10,13-14,21H,4,8-9,11-12H2,1-2H3. The monoisotopic (exact) mass is 284 g/mol. The lowest BCUT2D eigenvalue weighted by Crippen LogP contribution is -2.33. The Balaban J connectivity index is 1.89. The summed E-state index contributed by atoms with van der Waals surface area (Å²) >= 11 is 0. The van der Waals surface area contributed by atoms with Crippen LogP contribution in [-0.2, 0) is 5.60 Å². The minimum atomic E-state index is -0.701. The van der Waals surface area contributed by atoms with E-state index in [9.17, 15) is 5.11 Å². The highest BCUT2D eigenvalue weighted by Crippen LogP contribution is 2.34. The number of likely N-dealkylation sites (tertiary alicyclic amines) is 1. The van der Waals surface area contributed by atoms with E-state index in [-0.39, 0.29) is 0 Å². The van der Waals surface area contributed by atoms with Gasteiger partial charge in [0.15, 0.2) is 0 Å². The van der Waals surface area contributed by atoms with Crippen LogP contribution >= 0.6 is 0 Å². The molecular weight excluding hydrogens is 260 g/mol. The first-order valence-electron chi connectivity index (χ1n) is 7.90. The fraction of sp³-hybridized carbons (Fsp3) is 0.500. The molecule has 1 fully saturated rings. The number of hydrogen-bond donors (Lipinski definition) is 1. The maximum Gasteiger partial charge on any atom is 0.0909 e. The average Bonchev–Trinajstić information content (AvgIpc) is 2.70. The maximum atomic E-state index is 11.1. The molecule has 0 saturated carbocycles. The molecule has 21 heavy (non-hydrogen) atoms. The second-order valence-corrected chi connectivity index (χ2v) is 6.43. The van der Waals surface area contributed by atoms with E-state index in [4.69, 9.17) is 0 Å². The summed E-state index contributed by atoms with van der Waals surface area (Å²) in [7, 11) is 0. The van der Waals surface area contributed by atoms with Gasteiger partial charge in [-0.3, -0.25) is 4.98 Å². The highest BCUT2D eigenvalue weighted by atomic mass is 16.3. The van der Waals surface area contributed by atoms with E-state index in [2.05, 4.69) is 35.9 Å². The van der Waals surface area contributed by atoms with Crippen LogP contribution in [0, 0.1) is 0 Å². The zero-order chi connectivity index (χ0) is 14.9. The Morgan fingerprint density at radius 2 is 2.05 bits per heavy atom. The van der Waals surface area contributed by atoms with Crippen molar-refractivity contribution in [3.05, 3.63) is 42.1 Å². The van der Waals surface area contributed by atoms with Crippen LogP contribution in [0.1, 0.15) is 38.7 Å². The molecule has 1 aromatic carbocycles. The first-order chi connectivity index (χ1) is 10.1. The van der Waals surface area contributed by atoms with Gasteiger partial charge in [-0.05, 0) is 63.4 Å². The van der Waals surface area contributed by atoms with Crippen LogP contribution in [0.3, 0.4) is 0 Å². The van der Waals surface area contributed by atoms with Crippen molar-refractivity contribution in [2.24, 2.45) is 0 Å². The molecule has 3 rings (SSSR count). The van der Waals surface area contributed by atoms with Crippen molar-refractivity contribution in [1.29, 1.82) is 0 Å². The third kappa shape index (κ3) is 2.94. The molecule has 112 valence electrons. The lowest BCUT2D eigenvalue weighted by Gasteiger charge is -2.28. The third-order valence-electron chi connectivity index (χ3n) is 4.72. The zero-order valence-corrected chi connectivity index (χ0v) is 12.9. The number of aliphatic hydroxyl groups is 1. The lowest BCUT2D eigenvalue weighted by atomic mass is 9.86. The smallest absolute Gasteiger partial charge is 0.0909 e. The Hall–Kier alpha value is -1.45. The topological polar surface area (TPSA) is 36.4 Å². The summed E-state index contributed by atoms with van der Waals surface area (Å²) in [5.41, 5.74) is 1.32. The second-order valence-electron chi connectivity index (χ2n) is 6.43. The van der Waals surface area contributed by atoms with Crippen molar-refractivity contribution in [2.75, 3.05) is 13.1 Å². The van der Waals surface area contributed by atoms with Crippen LogP contribution < -0.4 is 0 Å². The number of nitrogens with zero attached hydrogens (tertiary/aromatic N) is 2. The van der Waals surface area contributed by atoms with Crippen molar-refractivity contribution >= 4 is 10.9 Å².